The number of nitrogens with one attached hydrogen (secondary N) is 2. The van der Waals surface area contributed by atoms with E-state index in [2.05, 4.69) is 17.6 Å². The largest absolute Gasteiger partial charge is 0.387 e. The molecule has 0 spiro atoms. The summed E-state index contributed by atoms with van der Waals surface area (Å²) in [6.45, 7) is 2.64. The number of anilines is 1. The Morgan fingerprint density at radius 3 is 2.72 bits per heavy atom. The summed E-state index contributed by atoms with van der Waals surface area (Å²) >= 11 is 0. The van der Waals surface area contributed by atoms with Crippen LogP contribution in [0.5, 0.6) is 0 Å². The van der Waals surface area contributed by atoms with E-state index in [9.17, 15) is 4.79 Å². The van der Waals surface area contributed by atoms with Crippen LogP contribution in [0.2, 0.25) is 0 Å². The van der Waals surface area contributed by atoms with Gasteiger partial charge in [-0.05, 0) is 18.6 Å². The van der Waals surface area contributed by atoms with Gasteiger partial charge in [0, 0.05) is 19.8 Å². The molecule has 100 valence electrons. The molecular weight excluding hydrogens is 228 g/mol. The molecule has 4 heteroatoms. The molecule has 0 aromatic heterocycles. The number of ether oxygens (including phenoxy) is 1. The van der Waals surface area contributed by atoms with Crippen molar-refractivity contribution in [1.29, 1.82) is 0 Å². The molecule has 2 N–H and O–H groups in total. The van der Waals surface area contributed by atoms with Crippen molar-refractivity contribution >= 4 is 11.6 Å². The van der Waals surface area contributed by atoms with Gasteiger partial charge in [-0.25, -0.2) is 0 Å². The molecule has 0 heterocycles. The first-order valence-electron chi connectivity index (χ1n) is 6.29. The van der Waals surface area contributed by atoms with E-state index >= 15 is 0 Å². The molecule has 0 aliphatic carbocycles. The van der Waals surface area contributed by atoms with Gasteiger partial charge in [-0.2, -0.15) is 0 Å². The van der Waals surface area contributed by atoms with Gasteiger partial charge in [0.15, 0.2) is 0 Å². The van der Waals surface area contributed by atoms with Crippen LogP contribution in [0.3, 0.4) is 0 Å². The van der Waals surface area contributed by atoms with Gasteiger partial charge in [-0.15, -0.1) is 0 Å². The summed E-state index contributed by atoms with van der Waals surface area (Å²) in [5.41, 5.74) is 1.50. The van der Waals surface area contributed by atoms with Crippen molar-refractivity contribution in [2.75, 3.05) is 26.1 Å². The molecular formula is C14H22N2O2. The van der Waals surface area contributed by atoms with E-state index in [0.29, 0.717) is 12.2 Å². The molecule has 1 unspecified atom stereocenters. The highest BCUT2D eigenvalue weighted by Crippen LogP contribution is 2.14. The second-order valence-electron chi connectivity index (χ2n) is 4.21. The molecule has 1 aromatic carbocycles. The van der Waals surface area contributed by atoms with Crippen molar-refractivity contribution in [1.82, 2.24) is 5.32 Å². The molecule has 0 radical (unpaired) electrons. The first-order valence-corrected chi connectivity index (χ1v) is 6.29. The standard InChI is InChI=1S/C14H22N2O2/c1-4-7-11(10-18-3)16-14(17)12-8-5-6-9-13(12)15-2/h5-6,8-9,11,15H,4,7,10H2,1-3H3,(H,16,17). The highest BCUT2D eigenvalue weighted by Gasteiger charge is 2.15. The molecule has 18 heavy (non-hydrogen) atoms. The van der Waals surface area contributed by atoms with E-state index in [1.807, 2.05) is 31.3 Å². The number of amides is 1. The average Bonchev–Trinajstić information content (AvgIpc) is 2.39. The van der Waals surface area contributed by atoms with Gasteiger partial charge < -0.3 is 15.4 Å². The van der Waals surface area contributed by atoms with Crippen LogP contribution in [-0.4, -0.2) is 32.7 Å². The minimum Gasteiger partial charge on any atom is -0.387 e. The summed E-state index contributed by atoms with van der Waals surface area (Å²) in [7, 11) is 3.46. The number of hydrogen-bond donors (Lipinski definition) is 2. The molecule has 1 aromatic rings. The quantitative estimate of drug-likeness (QED) is 0.780. The van der Waals surface area contributed by atoms with Gasteiger partial charge in [0.05, 0.1) is 18.2 Å². The number of rotatable bonds is 7. The number of para-hydroxylation sites is 1. The Morgan fingerprint density at radius 2 is 2.11 bits per heavy atom. The summed E-state index contributed by atoms with van der Waals surface area (Å²) in [6.07, 6.45) is 1.93. The maximum atomic E-state index is 12.2. The Morgan fingerprint density at radius 1 is 1.39 bits per heavy atom. The first-order chi connectivity index (χ1) is 8.72. The summed E-state index contributed by atoms with van der Waals surface area (Å²) in [5.74, 6) is -0.0598. The normalized spacial score (nSPS) is 11.9. The second-order valence-corrected chi connectivity index (χ2v) is 4.21. The number of carbonyl (C=O) groups excluding carboxylic acids is 1. The van der Waals surface area contributed by atoms with Crippen LogP contribution in [0.25, 0.3) is 0 Å². The van der Waals surface area contributed by atoms with E-state index in [-0.39, 0.29) is 11.9 Å². The number of benzene rings is 1. The van der Waals surface area contributed by atoms with Gasteiger partial charge in [0.2, 0.25) is 0 Å². The summed E-state index contributed by atoms with van der Waals surface area (Å²) < 4.78 is 5.12. The fourth-order valence-electron chi connectivity index (χ4n) is 1.91. The van der Waals surface area contributed by atoms with Gasteiger partial charge in [-0.3, -0.25) is 4.79 Å². The average molecular weight is 250 g/mol. The molecule has 0 aliphatic heterocycles. The monoisotopic (exact) mass is 250 g/mol. The number of hydrogen-bond acceptors (Lipinski definition) is 3. The molecule has 0 fully saturated rings. The Balaban J connectivity index is 2.73. The molecule has 0 bridgehead atoms. The van der Waals surface area contributed by atoms with Crippen LogP contribution >= 0.6 is 0 Å². The maximum absolute atomic E-state index is 12.2. The minimum atomic E-state index is -0.0598. The lowest BCUT2D eigenvalue weighted by molar-refractivity contribution is 0.0892. The zero-order valence-electron chi connectivity index (χ0n) is 11.3. The first kappa shape index (κ1) is 14.5. The predicted octanol–water partition coefficient (Wildman–Crippen LogP) is 2.27. The van der Waals surface area contributed by atoms with E-state index in [0.717, 1.165) is 18.5 Å². The Kier molecular flexibility index (Phi) is 6.22. The van der Waals surface area contributed by atoms with Crippen LogP contribution in [0.15, 0.2) is 24.3 Å². The molecule has 1 atom stereocenters. The molecule has 0 saturated carbocycles. The summed E-state index contributed by atoms with van der Waals surface area (Å²) in [4.78, 5) is 12.2. The van der Waals surface area contributed by atoms with Gasteiger partial charge in [-0.1, -0.05) is 25.5 Å². The van der Waals surface area contributed by atoms with Gasteiger partial charge in [0.1, 0.15) is 0 Å². The van der Waals surface area contributed by atoms with E-state index < -0.39 is 0 Å². The molecule has 0 aliphatic rings. The highest BCUT2D eigenvalue weighted by atomic mass is 16.5. The Labute approximate surface area is 109 Å². The summed E-state index contributed by atoms with van der Waals surface area (Å²) in [5, 5.41) is 6.03. The number of methoxy groups -OCH3 is 1. The van der Waals surface area contributed by atoms with Crippen molar-refractivity contribution in [2.24, 2.45) is 0 Å². The molecule has 1 rings (SSSR count). The predicted molar refractivity (Wildman–Crippen MR) is 74.0 cm³/mol. The lowest BCUT2D eigenvalue weighted by atomic mass is 10.1. The maximum Gasteiger partial charge on any atom is 0.253 e. The third-order valence-electron chi connectivity index (χ3n) is 2.78. The number of carbonyl (C=O) groups is 1. The van der Waals surface area contributed by atoms with Crippen LogP contribution in [-0.2, 0) is 4.74 Å². The zero-order chi connectivity index (χ0) is 13.4. The lowest BCUT2D eigenvalue weighted by Crippen LogP contribution is -2.38. The highest BCUT2D eigenvalue weighted by molar-refractivity contribution is 5.99. The van der Waals surface area contributed by atoms with Crippen molar-refractivity contribution in [3.05, 3.63) is 29.8 Å². The van der Waals surface area contributed by atoms with Crippen molar-refractivity contribution in [3.8, 4) is 0 Å². The van der Waals surface area contributed by atoms with Gasteiger partial charge in [0.25, 0.3) is 5.91 Å². The van der Waals surface area contributed by atoms with Crippen LogP contribution in [0, 0.1) is 0 Å². The molecule has 0 saturated heterocycles. The van der Waals surface area contributed by atoms with E-state index in [4.69, 9.17) is 4.74 Å². The smallest absolute Gasteiger partial charge is 0.253 e. The molecule has 4 nitrogen and oxygen atoms in total. The van der Waals surface area contributed by atoms with Crippen molar-refractivity contribution < 1.29 is 9.53 Å². The second kappa shape index (κ2) is 7.71. The lowest BCUT2D eigenvalue weighted by Gasteiger charge is -2.18. The minimum absolute atomic E-state index is 0.0598. The topological polar surface area (TPSA) is 50.4 Å². The van der Waals surface area contributed by atoms with E-state index in [1.165, 1.54) is 0 Å². The fourth-order valence-corrected chi connectivity index (χ4v) is 1.91. The van der Waals surface area contributed by atoms with Crippen LogP contribution in [0.4, 0.5) is 5.69 Å². The van der Waals surface area contributed by atoms with E-state index in [1.54, 1.807) is 7.11 Å². The third kappa shape index (κ3) is 4.04. The molecule has 1 amide bonds. The van der Waals surface area contributed by atoms with Gasteiger partial charge >= 0.3 is 0 Å². The Hall–Kier alpha value is -1.55. The van der Waals surface area contributed by atoms with Crippen molar-refractivity contribution in [2.45, 2.75) is 25.8 Å². The summed E-state index contributed by atoms with van der Waals surface area (Å²) in [6, 6.07) is 7.54. The fraction of sp³-hybridized carbons (Fsp3) is 0.500. The van der Waals surface area contributed by atoms with Crippen molar-refractivity contribution in [3.63, 3.8) is 0 Å². The third-order valence-corrected chi connectivity index (χ3v) is 2.78. The zero-order valence-corrected chi connectivity index (χ0v) is 11.3. The Bertz CT molecular complexity index is 374. The van der Waals surface area contributed by atoms with Crippen LogP contribution < -0.4 is 10.6 Å². The van der Waals surface area contributed by atoms with Crippen LogP contribution in [0.1, 0.15) is 30.1 Å². The SMILES string of the molecule is CCCC(COC)NC(=O)c1ccccc1NC.